The molecule has 23 heavy (non-hydrogen) atoms. The molecule has 7 heteroatoms. The second-order valence-corrected chi connectivity index (χ2v) is 7.69. The highest BCUT2D eigenvalue weighted by Gasteiger charge is 2.23. The molecule has 0 saturated heterocycles. The van der Waals surface area contributed by atoms with Gasteiger partial charge >= 0.3 is 0 Å². The van der Waals surface area contributed by atoms with Crippen LogP contribution in [0.15, 0.2) is 0 Å². The molecule has 1 aromatic rings. The van der Waals surface area contributed by atoms with Crippen LogP contribution in [0.5, 0.6) is 5.19 Å². The topological polar surface area (TPSA) is 51.4 Å². The fraction of sp³-hybridized carbons (Fsp3) is 0.812. The van der Waals surface area contributed by atoms with Crippen molar-refractivity contribution in [3.63, 3.8) is 0 Å². The van der Waals surface area contributed by atoms with Crippen LogP contribution in [-0.4, -0.2) is 42.0 Å². The van der Waals surface area contributed by atoms with E-state index in [0.717, 1.165) is 50.5 Å². The first-order valence-corrected chi connectivity index (χ1v) is 9.29. The number of ether oxygens (including phenoxy) is 1. The molecule has 3 rings (SSSR count). The molecule has 0 bridgehead atoms. The molecule has 1 aliphatic heterocycles. The lowest BCUT2D eigenvalue weighted by molar-refractivity contribution is 0.0816. The molecule has 2 aliphatic rings. The standard InChI is InChI=1S/C16H25F2N3OS/c17-15(18)10-22-16-20-13-9-21(8-6-14(13)23-16)7-5-11-1-3-12(19)4-2-11/h11-12,15H,1-10,19H2. The highest BCUT2D eigenvalue weighted by atomic mass is 32.1. The maximum Gasteiger partial charge on any atom is 0.273 e. The number of hydrogen-bond donors (Lipinski definition) is 1. The first-order chi connectivity index (χ1) is 11.1. The van der Waals surface area contributed by atoms with Crippen LogP contribution in [0.2, 0.25) is 0 Å². The molecule has 0 atom stereocenters. The number of aromatic nitrogens is 1. The summed E-state index contributed by atoms with van der Waals surface area (Å²) in [5.74, 6) is 0.802. The number of rotatable bonds is 6. The molecule has 2 N–H and O–H groups in total. The number of alkyl halides is 2. The SMILES string of the molecule is NC1CCC(CCN2CCc3sc(OCC(F)F)nc3C2)CC1. The van der Waals surface area contributed by atoms with Crippen molar-refractivity contribution in [3.05, 3.63) is 10.6 Å². The molecule has 1 aromatic heterocycles. The molecule has 1 aliphatic carbocycles. The zero-order valence-electron chi connectivity index (χ0n) is 13.3. The quantitative estimate of drug-likeness (QED) is 0.861. The van der Waals surface area contributed by atoms with Gasteiger partial charge in [-0.1, -0.05) is 11.3 Å². The summed E-state index contributed by atoms with van der Waals surface area (Å²) in [6.07, 6.45) is 4.54. The van der Waals surface area contributed by atoms with Crippen molar-refractivity contribution < 1.29 is 13.5 Å². The largest absolute Gasteiger partial charge is 0.464 e. The Balaban J connectivity index is 1.46. The fourth-order valence-electron chi connectivity index (χ4n) is 3.46. The average molecular weight is 345 g/mol. The van der Waals surface area contributed by atoms with Gasteiger partial charge in [0.15, 0.2) is 6.61 Å². The molecular weight excluding hydrogens is 320 g/mol. The summed E-state index contributed by atoms with van der Waals surface area (Å²) in [5, 5.41) is 0.387. The van der Waals surface area contributed by atoms with Gasteiger partial charge in [-0.15, -0.1) is 0 Å². The van der Waals surface area contributed by atoms with Gasteiger partial charge in [-0.3, -0.25) is 4.90 Å². The van der Waals surface area contributed by atoms with Crippen molar-refractivity contribution in [2.24, 2.45) is 11.7 Å². The van der Waals surface area contributed by atoms with Crippen LogP contribution in [0, 0.1) is 5.92 Å². The van der Waals surface area contributed by atoms with E-state index in [-0.39, 0.29) is 0 Å². The van der Waals surface area contributed by atoms with E-state index >= 15 is 0 Å². The Kier molecular flexibility index (Phi) is 5.82. The van der Waals surface area contributed by atoms with E-state index in [0.29, 0.717) is 11.2 Å². The lowest BCUT2D eigenvalue weighted by Gasteiger charge is -2.30. The van der Waals surface area contributed by atoms with Crippen molar-refractivity contribution in [1.29, 1.82) is 0 Å². The van der Waals surface area contributed by atoms with E-state index in [9.17, 15) is 8.78 Å². The van der Waals surface area contributed by atoms with Gasteiger partial charge in [-0.25, -0.2) is 13.8 Å². The predicted molar refractivity (Wildman–Crippen MR) is 87.1 cm³/mol. The number of fused-ring (bicyclic) bond motifs is 1. The predicted octanol–water partition coefficient (Wildman–Crippen LogP) is 3.05. The summed E-state index contributed by atoms with van der Waals surface area (Å²) in [6.45, 7) is 2.36. The number of nitrogens with zero attached hydrogens (tertiary/aromatic N) is 2. The van der Waals surface area contributed by atoms with Gasteiger partial charge in [0.2, 0.25) is 0 Å². The third kappa shape index (κ3) is 4.84. The summed E-state index contributed by atoms with van der Waals surface area (Å²) in [5.41, 5.74) is 6.97. The molecule has 1 fully saturated rings. The monoisotopic (exact) mass is 345 g/mol. The minimum absolute atomic E-state index is 0.387. The maximum absolute atomic E-state index is 12.2. The van der Waals surface area contributed by atoms with Crippen LogP contribution in [-0.2, 0) is 13.0 Å². The molecule has 0 radical (unpaired) electrons. The van der Waals surface area contributed by atoms with Crippen molar-refractivity contribution in [2.75, 3.05) is 19.7 Å². The molecule has 0 aromatic carbocycles. The van der Waals surface area contributed by atoms with E-state index in [2.05, 4.69) is 9.88 Å². The van der Waals surface area contributed by atoms with Crippen LogP contribution in [0.4, 0.5) is 8.78 Å². The second-order valence-electron chi connectivity index (χ2n) is 6.65. The zero-order chi connectivity index (χ0) is 16.2. The fourth-order valence-corrected chi connectivity index (χ4v) is 4.37. The zero-order valence-corrected chi connectivity index (χ0v) is 14.2. The maximum atomic E-state index is 12.2. The normalized spacial score (nSPS) is 25.6. The van der Waals surface area contributed by atoms with Crippen LogP contribution in [0.1, 0.15) is 42.7 Å². The Labute approximate surface area is 140 Å². The molecule has 0 unspecified atom stereocenters. The summed E-state index contributed by atoms with van der Waals surface area (Å²) in [4.78, 5) is 8.00. The highest BCUT2D eigenvalue weighted by Crippen LogP contribution is 2.31. The van der Waals surface area contributed by atoms with Gasteiger partial charge in [0.25, 0.3) is 11.6 Å². The third-order valence-electron chi connectivity index (χ3n) is 4.86. The van der Waals surface area contributed by atoms with Crippen LogP contribution in [0.3, 0.4) is 0 Å². The number of hydrogen-bond acceptors (Lipinski definition) is 5. The number of thiazole rings is 1. The molecule has 130 valence electrons. The second kappa shape index (κ2) is 7.85. The van der Waals surface area contributed by atoms with Crippen LogP contribution in [0.25, 0.3) is 0 Å². The summed E-state index contributed by atoms with van der Waals surface area (Å²) in [6, 6.07) is 0.408. The highest BCUT2D eigenvalue weighted by molar-refractivity contribution is 7.13. The smallest absolute Gasteiger partial charge is 0.273 e. The molecular formula is C16H25F2N3OS. The average Bonchev–Trinajstić information content (AvgIpc) is 2.94. The number of halogens is 2. The molecule has 0 spiro atoms. The summed E-state index contributed by atoms with van der Waals surface area (Å²) < 4.78 is 29.5. The van der Waals surface area contributed by atoms with E-state index in [4.69, 9.17) is 10.5 Å². The van der Waals surface area contributed by atoms with Crippen molar-refractivity contribution >= 4 is 11.3 Å². The minimum atomic E-state index is -2.45. The molecule has 0 amide bonds. The summed E-state index contributed by atoms with van der Waals surface area (Å²) >= 11 is 1.42. The first kappa shape index (κ1) is 17.0. The Morgan fingerprint density at radius 3 is 2.83 bits per heavy atom. The molecule has 1 saturated carbocycles. The van der Waals surface area contributed by atoms with Crippen molar-refractivity contribution in [2.45, 2.75) is 57.5 Å². The Morgan fingerprint density at radius 1 is 1.30 bits per heavy atom. The summed E-state index contributed by atoms with van der Waals surface area (Å²) in [7, 11) is 0. The first-order valence-electron chi connectivity index (χ1n) is 8.47. The van der Waals surface area contributed by atoms with Gasteiger partial charge in [-0.05, 0) is 51.0 Å². The molecule has 2 heterocycles. The van der Waals surface area contributed by atoms with Gasteiger partial charge in [0, 0.05) is 24.0 Å². The third-order valence-corrected chi connectivity index (χ3v) is 5.93. The lowest BCUT2D eigenvalue weighted by atomic mass is 9.84. The minimum Gasteiger partial charge on any atom is -0.464 e. The Hall–Kier alpha value is -0.790. The van der Waals surface area contributed by atoms with Crippen LogP contribution >= 0.6 is 11.3 Å². The van der Waals surface area contributed by atoms with Gasteiger partial charge in [0.1, 0.15) is 0 Å². The molecule has 4 nitrogen and oxygen atoms in total. The van der Waals surface area contributed by atoms with Crippen LogP contribution < -0.4 is 10.5 Å². The van der Waals surface area contributed by atoms with Gasteiger partial charge in [0.05, 0.1) is 5.69 Å². The lowest BCUT2D eigenvalue weighted by Crippen LogP contribution is -2.33. The van der Waals surface area contributed by atoms with E-state index < -0.39 is 13.0 Å². The van der Waals surface area contributed by atoms with Gasteiger partial charge < -0.3 is 10.5 Å². The Morgan fingerprint density at radius 2 is 2.09 bits per heavy atom. The van der Waals surface area contributed by atoms with Gasteiger partial charge in [-0.2, -0.15) is 0 Å². The van der Waals surface area contributed by atoms with E-state index in [1.165, 1.54) is 35.5 Å². The Bertz CT molecular complexity index is 504. The van der Waals surface area contributed by atoms with Crippen molar-refractivity contribution in [3.8, 4) is 5.19 Å². The van der Waals surface area contributed by atoms with Crippen molar-refractivity contribution in [1.82, 2.24) is 9.88 Å². The number of nitrogens with two attached hydrogens (primary N) is 1. The van der Waals surface area contributed by atoms with E-state index in [1.807, 2.05) is 0 Å². The van der Waals surface area contributed by atoms with E-state index in [1.54, 1.807) is 0 Å².